The number of nitrogens with two attached hydrogens (primary N) is 2. The fourth-order valence-electron chi connectivity index (χ4n) is 8.38. The zero-order chi connectivity index (χ0) is 47.9. The Morgan fingerprint density at radius 1 is 0.485 bits per heavy atom. The number of pyridine rings is 2. The number of hydrogen-bond donors (Lipinski definition) is 2. The van der Waals surface area contributed by atoms with Gasteiger partial charge in [-0.05, 0) is 145 Å². The van der Waals surface area contributed by atoms with Gasteiger partial charge in [-0.25, -0.2) is 9.59 Å². The molecule has 346 valence electrons. The number of nitrogen functional groups attached to an aromatic ring is 2. The lowest BCUT2D eigenvalue weighted by atomic mass is 9.97. The number of carbonyl (C=O) groups excluding carboxylic acids is 4. The van der Waals surface area contributed by atoms with Gasteiger partial charge in [0.05, 0.1) is 85.3 Å². The number of aromatic nitrogens is 2. The number of methoxy groups -OCH3 is 2. The average Bonchev–Trinajstić information content (AvgIpc) is 3.83. The summed E-state index contributed by atoms with van der Waals surface area (Å²) in [4.78, 5) is 52.5. The van der Waals surface area contributed by atoms with Crippen molar-refractivity contribution in [1.82, 2.24) is 8.80 Å². The second kappa shape index (κ2) is 20.5. The minimum atomic E-state index is -0.609. The fourth-order valence-corrected chi connectivity index (χ4v) is 8.38. The van der Waals surface area contributed by atoms with E-state index < -0.39 is 11.9 Å². The molecule has 14 nitrogen and oxygen atoms in total. The van der Waals surface area contributed by atoms with Gasteiger partial charge >= 0.3 is 11.9 Å². The zero-order valence-electron chi connectivity index (χ0n) is 38.1. The van der Waals surface area contributed by atoms with E-state index in [1.165, 1.54) is 26.4 Å². The van der Waals surface area contributed by atoms with Crippen LogP contribution in [0.4, 0.5) is 11.4 Å². The number of ether oxygens (including phenoxy) is 6. The van der Waals surface area contributed by atoms with E-state index in [-0.39, 0.29) is 34.1 Å². The van der Waals surface area contributed by atoms with Crippen molar-refractivity contribution in [2.24, 2.45) is 0 Å². The van der Waals surface area contributed by atoms with Gasteiger partial charge < -0.3 is 48.7 Å². The van der Waals surface area contributed by atoms with E-state index >= 15 is 0 Å². The minimum absolute atomic E-state index is 0.139. The smallest absolute Gasteiger partial charge is 0.339 e. The zero-order valence-corrected chi connectivity index (χ0v) is 38.1. The van der Waals surface area contributed by atoms with Gasteiger partial charge in [0.15, 0.2) is 11.6 Å². The SMILES string of the molecule is COC(=O)c1cc(C(=O)c2c(C)c(-c3ccc(OCCOCCOCCOc4ccc(-c5c(C)c(C(=O)c6ccc(N)c(C(=O)OC)c6)c6ccccn56)cc4)cc3)n3ccccc23)ccc1N. The fraction of sp³-hybridized carbons (Fsp3) is 0.185. The molecule has 0 atom stereocenters. The van der Waals surface area contributed by atoms with Gasteiger partial charge in [-0.2, -0.15) is 0 Å². The molecule has 0 unspecified atom stereocenters. The van der Waals surface area contributed by atoms with Crippen LogP contribution in [0.1, 0.15) is 63.7 Å². The van der Waals surface area contributed by atoms with Crippen molar-refractivity contribution in [3.63, 3.8) is 0 Å². The van der Waals surface area contributed by atoms with Gasteiger partial charge in [-0.3, -0.25) is 9.59 Å². The number of benzene rings is 4. The summed E-state index contributed by atoms with van der Waals surface area (Å²) >= 11 is 0. The molecule has 0 aliphatic carbocycles. The van der Waals surface area contributed by atoms with E-state index in [4.69, 9.17) is 39.9 Å². The molecule has 0 saturated carbocycles. The molecule has 8 aromatic rings. The van der Waals surface area contributed by atoms with E-state index in [9.17, 15) is 19.2 Å². The van der Waals surface area contributed by atoms with Gasteiger partial charge in [-0.1, -0.05) is 12.1 Å². The standard InChI is InChI=1S/C54H50N4O10/c1-33-47(51(59)37-15-21-43(55)41(31-37)53(61)63-3)45-9-5-7-23-57(45)49(33)35-11-17-39(18-12-35)67-29-27-65-25-26-66-28-30-68-40-19-13-36(14-20-40)50-34(2)48(46-10-6-8-24-58(46)50)52(60)38-16-22-44(56)42(32-38)54(62)64-4/h5-24,31-32H,25-30,55-56H2,1-4H3. The van der Waals surface area contributed by atoms with Gasteiger partial charge in [0.25, 0.3) is 0 Å². The molecule has 4 N–H and O–H groups in total. The molecule has 0 fully saturated rings. The van der Waals surface area contributed by atoms with E-state index in [2.05, 4.69) is 0 Å². The van der Waals surface area contributed by atoms with Crippen LogP contribution in [0.5, 0.6) is 11.5 Å². The van der Waals surface area contributed by atoms with Crippen LogP contribution in [-0.2, 0) is 18.9 Å². The third kappa shape index (κ3) is 9.41. The van der Waals surface area contributed by atoms with Gasteiger partial charge in [0, 0.05) is 34.9 Å². The van der Waals surface area contributed by atoms with E-state index in [0.29, 0.717) is 73.4 Å². The Morgan fingerprint density at radius 2 is 0.868 bits per heavy atom. The summed E-state index contributed by atoms with van der Waals surface area (Å²) < 4.78 is 37.0. The normalized spacial score (nSPS) is 11.2. The maximum atomic E-state index is 14.0. The van der Waals surface area contributed by atoms with Crippen LogP contribution in [-0.4, -0.2) is 86.2 Å². The number of fused-ring (bicyclic) bond motifs is 2. The first kappa shape index (κ1) is 46.3. The quantitative estimate of drug-likeness (QED) is 0.0341. The second-order valence-electron chi connectivity index (χ2n) is 15.8. The van der Waals surface area contributed by atoms with Crippen LogP contribution >= 0.6 is 0 Å². The summed E-state index contributed by atoms with van der Waals surface area (Å²) in [6.07, 6.45) is 3.84. The summed E-state index contributed by atoms with van der Waals surface area (Å²) in [5.74, 6) is -0.330. The van der Waals surface area contributed by atoms with E-state index in [1.807, 2.05) is 120 Å². The summed E-state index contributed by atoms with van der Waals surface area (Å²) in [6.45, 7) is 6.03. The Labute approximate surface area is 392 Å². The molecule has 0 spiro atoms. The van der Waals surface area contributed by atoms with Gasteiger partial charge in [-0.15, -0.1) is 0 Å². The van der Waals surface area contributed by atoms with Crippen LogP contribution in [0.25, 0.3) is 33.5 Å². The molecule has 0 saturated heterocycles. The predicted octanol–water partition coefficient (Wildman–Crippen LogP) is 8.83. The molecule has 4 aromatic carbocycles. The van der Waals surface area contributed by atoms with E-state index in [1.54, 1.807) is 24.3 Å². The van der Waals surface area contributed by atoms with Crippen molar-refractivity contribution in [2.45, 2.75) is 13.8 Å². The molecule has 0 radical (unpaired) electrons. The van der Waals surface area contributed by atoms with Crippen molar-refractivity contribution in [1.29, 1.82) is 0 Å². The Balaban J connectivity index is 0.790. The minimum Gasteiger partial charge on any atom is -0.491 e. The third-order valence-corrected chi connectivity index (χ3v) is 11.7. The molecule has 4 aromatic heterocycles. The number of carbonyl (C=O) groups is 4. The number of anilines is 2. The number of hydrogen-bond acceptors (Lipinski definition) is 12. The average molecular weight is 915 g/mol. The lowest BCUT2D eigenvalue weighted by Crippen LogP contribution is -2.13. The largest absolute Gasteiger partial charge is 0.491 e. The summed E-state index contributed by atoms with van der Waals surface area (Å²) in [7, 11) is 2.54. The molecule has 8 rings (SSSR count). The van der Waals surface area contributed by atoms with Crippen molar-refractivity contribution < 1.29 is 47.6 Å². The highest BCUT2D eigenvalue weighted by atomic mass is 16.6. The number of esters is 2. The highest BCUT2D eigenvalue weighted by molar-refractivity contribution is 6.17. The predicted molar refractivity (Wildman–Crippen MR) is 259 cm³/mol. The van der Waals surface area contributed by atoms with Crippen LogP contribution in [0, 0.1) is 13.8 Å². The van der Waals surface area contributed by atoms with Crippen LogP contribution < -0.4 is 20.9 Å². The second-order valence-corrected chi connectivity index (χ2v) is 15.8. The van der Waals surface area contributed by atoms with Gasteiger partial charge in [0.1, 0.15) is 24.7 Å². The summed E-state index contributed by atoms with van der Waals surface area (Å²) in [5.41, 5.74) is 21.1. The van der Waals surface area contributed by atoms with Crippen molar-refractivity contribution >= 4 is 45.9 Å². The first-order valence-electron chi connectivity index (χ1n) is 21.9. The first-order chi connectivity index (χ1) is 33.0. The van der Waals surface area contributed by atoms with Crippen molar-refractivity contribution in [3.8, 4) is 34.0 Å². The summed E-state index contributed by atoms with van der Waals surface area (Å²) in [5, 5.41) is 0. The topological polar surface area (TPSA) is 185 Å². The maximum Gasteiger partial charge on any atom is 0.339 e. The van der Waals surface area contributed by atoms with E-state index in [0.717, 1.165) is 44.7 Å². The number of rotatable bonds is 19. The van der Waals surface area contributed by atoms with Crippen LogP contribution in [0.3, 0.4) is 0 Å². The third-order valence-electron chi connectivity index (χ3n) is 11.7. The molecule has 0 amide bonds. The van der Waals surface area contributed by atoms with Crippen LogP contribution in [0.2, 0.25) is 0 Å². The molecule has 68 heavy (non-hydrogen) atoms. The van der Waals surface area contributed by atoms with Gasteiger partial charge in [0.2, 0.25) is 0 Å². The molecule has 0 bridgehead atoms. The molecule has 4 heterocycles. The monoisotopic (exact) mass is 914 g/mol. The summed E-state index contributed by atoms with van der Waals surface area (Å²) in [6, 6.07) is 36.0. The highest BCUT2D eigenvalue weighted by Gasteiger charge is 2.26. The molecular weight excluding hydrogens is 865 g/mol. The Kier molecular flexibility index (Phi) is 14.0. The lowest BCUT2D eigenvalue weighted by molar-refractivity contribution is 0.0273. The molecule has 14 heteroatoms. The lowest BCUT2D eigenvalue weighted by Gasteiger charge is -2.10. The number of ketones is 2. The molecular formula is C54H50N4O10. The Hall–Kier alpha value is -8.20. The highest BCUT2D eigenvalue weighted by Crippen LogP contribution is 2.36. The molecule has 0 aliphatic heterocycles. The Bertz CT molecular complexity index is 2960. The van der Waals surface area contributed by atoms with Crippen LogP contribution in [0.15, 0.2) is 134 Å². The maximum absolute atomic E-state index is 14.0. The Morgan fingerprint density at radius 3 is 1.25 bits per heavy atom. The molecule has 0 aliphatic rings. The first-order valence-corrected chi connectivity index (χ1v) is 21.9. The number of nitrogens with zero attached hydrogens (tertiary/aromatic N) is 2. The van der Waals surface area contributed by atoms with Crippen molar-refractivity contribution in [3.05, 3.63) is 178 Å². The van der Waals surface area contributed by atoms with Crippen molar-refractivity contribution in [2.75, 3.05) is 65.3 Å².